The molecule has 2 aromatic rings. The van der Waals surface area contributed by atoms with Gasteiger partial charge in [-0.15, -0.1) is 0 Å². The van der Waals surface area contributed by atoms with E-state index in [4.69, 9.17) is 9.47 Å². The molecule has 0 spiro atoms. The molecule has 1 aliphatic rings. The first-order chi connectivity index (χ1) is 15.4. The fraction of sp³-hybridized carbons (Fsp3) is 0.583. The van der Waals surface area contributed by atoms with Crippen LogP contribution < -0.4 is 9.64 Å². The molecule has 178 valence electrons. The van der Waals surface area contributed by atoms with Gasteiger partial charge in [-0.2, -0.15) is 0 Å². The number of anilines is 1. The van der Waals surface area contributed by atoms with E-state index < -0.39 is 31.0 Å². The van der Waals surface area contributed by atoms with Crippen molar-refractivity contribution in [2.24, 2.45) is 0 Å². The second-order valence-electron chi connectivity index (χ2n) is 8.58. The molecule has 0 fully saturated rings. The molecule has 8 heteroatoms. The molecule has 32 heavy (non-hydrogen) atoms. The van der Waals surface area contributed by atoms with E-state index in [0.29, 0.717) is 19.6 Å². The predicted molar refractivity (Wildman–Crippen MR) is 122 cm³/mol. The van der Waals surface area contributed by atoms with Crippen molar-refractivity contribution in [1.82, 2.24) is 4.57 Å². The minimum absolute atomic E-state index is 0.103. The number of β-amino-alcohol motifs (C(OH)–C–C–N with tert-alkyl or cyclic N) is 1. The van der Waals surface area contributed by atoms with Crippen molar-refractivity contribution in [3.63, 3.8) is 0 Å². The Kier molecular flexibility index (Phi) is 8.95. The molecular weight excluding hydrogens is 412 g/mol. The third-order valence-electron chi connectivity index (χ3n) is 5.78. The van der Waals surface area contributed by atoms with Crippen molar-refractivity contribution in [3.05, 3.63) is 48.3 Å². The third-order valence-corrected chi connectivity index (χ3v) is 5.78. The van der Waals surface area contributed by atoms with Crippen LogP contribution in [-0.4, -0.2) is 75.8 Å². The number of aromatic nitrogens is 1. The molecule has 3 rings (SSSR count). The summed E-state index contributed by atoms with van der Waals surface area (Å²) in [6, 6.07) is 12.0. The number of aliphatic hydroxyl groups is 4. The standard InChI is InChI=1S/C24H36N2O6/c1-17(2)26-10-6-8-19(26)14-25-15-21(28)23(30)24(22(29)16-27)32-12-4-3-11-31-20-9-5-7-18(25)13-20/h5-10,13,17,21-24,27-30H,3-4,11-12,14-16H2,1-2H3/t21-,22-,23-,24-/m1/s1. The summed E-state index contributed by atoms with van der Waals surface area (Å²) in [5.41, 5.74) is 1.92. The van der Waals surface area contributed by atoms with Gasteiger partial charge >= 0.3 is 0 Å². The molecule has 4 N–H and O–H groups in total. The van der Waals surface area contributed by atoms with Gasteiger partial charge in [0.1, 0.15) is 24.1 Å². The van der Waals surface area contributed by atoms with E-state index in [2.05, 4.69) is 18.4 Å². The van der Waals surface area contributed by atoms with Gasteiger partial charge in [-0.05, 0) is 51.0 Å². The van der Waals surface area contributed by atoms with Crippen LogP contribution in [-0.2, 0) is 11.3 Å². The summed E-state index contributed by atoms with van der Waals surface area (Å²) < 4.78 is 13.7. The number of ether oxygens (including phenoxy) is 2. The lowest BCUT2D eigenvalue weighted by Crippen LogP contribution is -2.51. The Morgan fingerprint density at radius 2 is 1.88 bits per heavy atom. The van der Waals surface area contributed by atoms with Crippen LogP contribution in [0.25, 0.3) is 0 Å². The average molecular weight is 449 g/mol. The Bertz CT molecular complexity index is 826. The van der Waals surface area contributed by atoms with Crippen LogP contribution >= 0.6 is 0 Å². The largest absolute Gasteiger partial charge is 0.494 e. The lowest BCUT2D eigenvalue weighted by Gasteiger charge is -2.34. The monoisotopic (exact) mass is 448 g/mol. The highest BCUT2D eigenvalue weighted by Gasteiger charge is 2.34. The second-order valence-corrected chi connectivity index (χ2v) is 8.58. The van der Waals surface area contributed by atoms with E-state index in [1.54, 1.807) is 0 Å². The minimum atomic E-state index is -1.36. The van der Waals surface area contributed by atoms with Gasteiger partial charge in [-0.3, -0.25) is 0 Å². The Labute approximate surface area is 189 Å². The average Bonchev–Trinajstić information content (AvgIpc) is 3.25. The van der Waals surface area contributed by atoms with Crippen molar-refractivity contribution in [2.75, 3.05) is 31.3 Å². The van der Waals surface area contributed by atoms with Crippen molar-refractivity contribution < 1.29 is 29.9 Å². The van der Waals surface area contributed by atoms with Crippen LogP contribution in [0.15, 0.2) is 42.6 Å². The zero-order valence-electron chi connectivity index (χ0n) is 18.9. The Morgan fingerprint density at radius 3 is 2.62 bits per heavy atom. The van der Waals surface area contributed by atoms with E-state index >= 15 is 0 Å². The maximum absolute atomic E-state index is 10.9. The summed E-state index contributed by atoms with van der Waals surface area (Å²) in [5, 5.41) is 41.3. The molecule has 0 saturated heterocycles. The van der Waals surface area contributed by atoms with Crippen LogP contribution in [0.3, 0.4) is 0 Å². The van der Waals surface area contributed by atoms with Gasteiger partial charge in [0.25, 0.3) is 0 Å². The van der Waals surface area contributed by atoms with Gasteiger partial charge in [0.2, 0.25) is 0 Å². The fourth-order valence-electron chi connectivity index (χ4n) is 4.00. The summed E-state index contributed by atoms with van der Waals surface area (Å²) in [6.07, 6.45) is -1.54. The van der Waals surface area contributed by atoms with Crippen molar-refractivity contribution in [1.29, 1.82) is 0 Å². The normalized spacial score (nSPS) is 24.1. The molecule has 0 aliphatic carbocycles. The molecule has 4 atom stereocenters. The van der Waals surface area contributed by atoms with E-state index in [9.17, 15) is 20.4 Å². The van der Waals surface area contributed by atoms with Crippen LogP contribution in [0.5, 0.6) is 5.75 Å². The Hall–Kier alpha value is -2.10. The summed E-state index contributed by atoms with van der Waals surface area (Å²) in [5.74, 6) is 0.744. The zero-order chi connectivity index (χ0) is 23.1. The van der Waals surface area contributed by atoms with Gasteiger partial charge in [0.15, 0.2) is 0 Å². The highest BCUT2D eigenvalue weighted by atomic mass is 16.5. The molecule has 2 heterocycles. The number of nitrogens with zero attached hydrogens (tertiary/aromatic N) is 2. The summed E-state index contributed by atoms with van der Waals surface area (Å²) in [4.78, 5) is 1.98. The second kappa shape index (κ2) is 11.7. The van der Waals surface area contributed by atoms with Crippen molar-refractivity contribution in [2.45, 2.75) is 63.7 Å². The molecule has 2 bridgehead atoms. The molecule has 1 aromatic heterocycles. The predicted octanol–water partition coefficient (Wildman–Crippen LogP) is 1.71. The molecular formula is C24H36N2O6. The number of hydrogen-bond acceptors (Lipinski definition) is 7. The first-order valence-electron chi connectivity index (χ1n) is 11.3. The highest BCUT2D eigenvalue weighted by Crippen LogP contribution is 2.26. The Balaban J connectivity index is 1.92. The van der Waals surface area contributed by atoms with Gasteiger partial charge in [-0.25, -0.2) is 0 Å². The van der Waals surface area contributed by atoms with Crippen LogP contribution in [0.1, 0.15) is 38.4 Å². The molecule has 0 unspecified atom stereocenters. The minimum Gasteiger partial charge on any atom is -0.494 e. The lowest BCUT2D eigenvalue weighted by atomic mass is 10.0. The van der Waals surface area contributed by atoms with E-state index in [-0.39, 0.29) is 19.2 Å². The topological polar surface area (TPSA) is 108 Å². The summed E-state index contributed by atoms with van der Waals surface area (Å²) >= 11 is 0. The van der Waals surface area contributed by atoms with Gasteiger partial charge in [0, 0.05) is 42.8 Å². The zero-order valence-corrected chi connectivity index (χ0v) is 18.9. The van der Waals surface area contributed by atoms with Crippen molar-refractivity contribution in [3.8, 4) is 5.75 Å². The number of aliphatic hydroxyl groups excluding tert-OH is 4. The van der Waals surface area contributed by atoms with Crippen molar-refractivity contribution >= 4 is 5.69 Å². The molecule has 8 nitrogen and oxygen atoms in total. The van der Waals surface area contributed by atoms with Gasteiger partial charge < -0.3 is 39.4 Å². The smallest absolute Gasteiger partial charge is 0.121 e. The molecule has 0 radical (unpaired) electrons. The van der Waals surface area contributed by atoms with E-state index in [1.807, 2.05) is 47.5 Å². The van der Waals surface area contributed by atoms with E-state index in [1.165, 1.54) is 0 Å². The number of fused-ring (bicyclic) bond motifs is 2. The fourth-order valence-corrected chi connectivity index (χ4v) is 4.00. The van der Waals surface area contributed by atoms with Crippen LogP contribution in [0.4, 0.5) is 5.69 Å². The first-order valence-corrected chi connectivity index (χ1v) is 11.3. The van der Waals surface area contributed by atoms with Gasteiger partial charge in [0.05, 0.1) is 25.9 Å². The van der Waals surface area contributed by atoms with Crippen LogP contribution in [0.2, 0.25) is 0 Å². The lowest BCUT2D eigenvalue weighted by molar-refractivity contribution is -0.141. The first kappa shape index (κ1) is 24.5. The summed E-state index contributed by atoms with van der Waals surface area (Å²) in [7, 11) is 0. The third kappa shape index (κ3) is 6.24. The number of hydrogen-bond donors (Lipinski definition) is 4. The number of rotatable bonds is 5. The van der Waals surface area contributed by atoms with Gasteiger partial charge in [-0.1, -0.05) is 6.07 Å². The van der Waals surface area contributed by atoms with Crippen LogP contribution in [0, 0.1) is 0 Å². The SMILES string of the molecule is CC(C)n1cccc1CN1C[C@@H](O)[C@@H](O)[C@@H]([C@H](O)CO)OCCCCOc2cccc1c2. The molecule has 1 aromatic carbocycles. The highest BCUT2D eigenvalue weighted by molar-refractivity contribution is 5.51. The maximum Gasteiger partial charge on any atom is 0.121 e. The summed E-state index contributed by atoms with van der Waals surface area (Å²) in [6.45, 7) is 5.06. The quantitative estimate of drug-likeness (QED) is 0.552. The molecule has 0 amide bonds. The molecule has 0 saturated carbocycles. The Morgan fingerprint density at radius 1 is 1.09 bits per heavy atom. The molecule has 1 aliphatic heterocycles. The van der Waals surface area contributed by atoms with E-state index in [0.717, 1.165) is 23.6 Å². The number of benzene rings is 1. The maximum atomic E-state index is 10.9.